The van der Waals surface area contributed by atoms with Crippen LogP contribution < -0.4 is 14.7 Å². The fraction of sp³-hybridized carbons (Fsp3) is 0.233. The number of aliphatic hydroxyl groups excluding tert-OH is 2. The van der Waals surface area contributed by atoms with Gasteiger partial charge in [-0.25, -0.2) is 4.79 Å². The quantitative estimate of drug-likeness (QED) is 0.171. The van der Waals surface area contributed by atoms with E-state index >= 15 is 0 Å². The molecule has 0 aliphatic rings. The van der Waals surface area contributed by atoms with Crippen LogP contribution >= 0.6 is 0 Å². The second-order valence-corrected chi connectivity index (χ2v) is 8.66. The number of methoxy groups -OCH3 is 1. The minimum atomic E-state index is -1.51. The van der Waals surface area contributed by atoms with Crippen molar-refractivity contribution in [2.75, 3.05) is 26.7 Å². The predicted molar refractivity (Wildman–Crippen MR) is 146 cm³/mol. The van der Waals surface area contributed by atoms with Crippen LogP contribution in [-0.4, -0.2) is 65.3 Å². The summed E-state index contributed by atoms with van der Waals surface area (Å²) in [6.07, 6.45) is -0.0967. The van der Waals surface area contributed by atoms with Gasteiger partial charge in [-0.1, -0.05) is 72.8 Å². The van der Waals surface area contributed by atoms with E-state index in [0.29, 0.717) is 49.5 Å². The van der Waals surface area contributed by atoms with Gasteiger partial charge in [-0.15, -0.1) is 0 Å². The van der Waals surface area contributed by atoms with Crippen molar-refractivity contribution < 1.29 is 49.9 Å². The summed E-state index contributed by atoms with van der Waals surface area (Å²) in [7, 11) is 1.57. The van der Waals surface area contributed by atoms with Crippen LogP contribution in [-0.2, 0) is 9.59 Å². The minimum Gasteiger partial charge on any atom is -0.545 e. The SMILES string of the molecule is COc1cccc(C(=O)CC[NH+](CC(O)c2ccccc2)CC(O)c2ccccc2)c1.O.O=C([O-])/C=C/C(=O)O. The second-order valence-electron chi connectivity index (χ2n) is 8.66. The molecule has 0 aromatic heterocycles. The van der Waals surface area contributed by atoms with Gasteiger partial charge in [0.1, 0.15) is 31.0 Å². The first-order valence-corrected chi connectivity index (χ1v) is 12.3. The monoisotopic (exact) mass is 553 g/mol. The summed E-state index contributed by atoms with van der Waals surface area (Å²) in [6.45, 7) is 1.31. The van der Waals surface area contributed by atoms with Gasteiger partial charge in [0.05, 0.1) is 26.0 Å². The number of aliphatic carboxylic acids is 2. The Balaban J connectivity index is 0.000000777. The summed E-state index contributed by atoms with van der Waals surface area (Å²) < 4.78 is 5.21. The van der Waals surface area contributed by atoms with Gasteiger partial charge >= 0.3 is 5.97 Å². The van der Waals surface area contributed by atoms with Gasteiger partial charge in [0.2, 0.25) is 0 Å². The van der Waals surface area contributed by atoms with Crippen molar-refractivity contribution in [1.29, 1.82) is 0 Å². The fourth-order valence-electron chi connectivity index (χ4n) is 3.79. The van der Waals surface area contributed by atoms with Crippen molar-refractivity contribution in [1.82, 2.24) is 0 Å². The molecule has 3 rings (SSSR count). The zero-order chi connectivity index (χ0) is 28.6. The van der Waals surface area contributed by atoms with Crippen LogP contribution in [0.1, 0.15) is 40.1 Å². The molecular weight excluding hydrogens is 518 g/mol. The number of carbonyl (C=O) groups excluding carboxylic acids is 2. The first-order chi connectivity index (χ1) is 18.7. The predicted octanol–water partition coefficient (Wildman–Crippen LogP) is 0.173. The third-order valence-corrected chi connectivity index (χ3v) is 5.79. The Labute approximate surface area is 232 Å². The van der Waals surface area contributed by atoms with Crippen LogP contribution in [0.5, 0.6) is 5.75 Å². The molecule has 0 saturated carbocycles. The summed E-state index contributed by atoms with van der Waals surface area (Å²) in [5.74, 6) is -2.14. The normalized spacial score (nSPS) is 12.7. The fourth-order valence-corrected chi connectivity index (χ4v) is 3.79. The zero-order valence-electron chi connectivity index (χ0n) is 22.1. The molecular formula is C30H35NO9. The second kappa shape index (κ2) is 18.0. The van der Waals surface area contributed by atoms with Gasteiger partial charge in [-0.2, -0.15) is 0 Å². The lowest BCUT2D eigenvalue weighted by Crippen LogP contribution is -3.13. The maximum atomic E-state index is 12.7. The molecule has 0 amide bonds. The Bertz CT molecular complexity index is 1150. The summed E-state index contributed by atoms with van der Waals surface area (Å²) in [5, 5.41) is 38.7. The third-order valence-electron chi connectivity index (χ3n) is 5.79. The van der Waals surface area contributed by atoms with Crippen molar-refractivity contribution in [3.05, 3.63) is 114 Å². The largest absolute Gasteiger partial charge is 0.545 e. The Hall–Kier alpha value is -4.35. The van der Waals surface area contributed by atoms with Gasteiger partial charge in [0, 0.05) is 11.6 Å². The smallest absolute Gasteiger partial charge is 0.328 e. The lowest BCUT2D eigenvalue weighted by molar-refractivity contribution is -0.907. The molecule has 214 valence electrons. The Kier molecular flexibility index (Phi) is 15.2. The van der Waals surface area contributed by atoms with Crippen LogP contribution in [0.3, 0.4) is 0 Å². The summed E-state index contributed by atoms with van der Waals surface area (Å²) in [6, 6.07) is 26.1. The average molecular weight is 554 g/mol. The highest BCUT2D eigenvalue weighted by Crippen LogP contribution is 2.15. The van der Waals surface area contributed by atoms with E-state index < -0.39 is 24.1 Å². The first kappa shape index (κ1) is 33.7. The number of rotatable bonds is 13. The van der Waals surface area contributed by atoms with E-state index in [9.17, 15) is 29.7 Å². The van der Waals surface area contributed by atoms with Crippen molar-refractivity contribution in [2.45, 2.75) is 18.6 Å². The molecule has 2 unspecified atom stereocenters. The van der Waals surface area contributed by atoms with Crippen molar-refractivity contribution in [3.8, 4) is 5.75 Å². The number of hydrogen-bond acceptors (Lipinski definition) is 7. The van der Waals surface area contributed by atoms with E-state index in [1.807, 2.05) is 60.7 Å². The number of carboxylic acid groups (broad SMARTS) is 2. The van der Waals surface area contributed by atoms with Crippen LogP contribution in [0.15, 0.2) is 97.1 Å². The van der Waals surface area contributed by atoms with Crippen LogP contribution in [0.4, 0.5) is 0 Å². The molecule has 0 bridgehead atoms. The number of nitrogens with one attached hydrogen (secondary N) is 1. The van der Waals surface area contributed by atoms with E-state index in [2.05, 4.69) is 0 Å². The highest BCUT2D eigenvalue weighted by Gasteiger charge is 2.22. The molecule has 3 aromatic carbocycles. The van der Waals surface area contributed by atoms with E-state index in [1.54, 1.807) is 31.4 Å². The third kappa shape index (κ3) is 12.5. The first-order valence-electron chi connectivity index (χ1n) is 12.3. The molecule has 3 aromatic rings. The summed E-state index contributed by atoms with van der Waals surface area (Å²) in [4.78, 5) is 32.7. The van der Waals surface area contributed by atoms with Crippen LogP contribution in [0.2, 0.25) is 0 Å². The molecule has 0 saturated heterocycles. The number of carboxylic acids is 2. The summed E-state index contributed by atoms with van der Waals surface area (Å²) >= 11 is 0. The molecule has 0 radical (unpaired) electrons. The lowest BCUT2D eigenvalue weighted by Gasteiger charge is -2.25. The highest BCUT2D eigenvalue weighted by atomic mass is 16.5. The van der Waals surface area contributed by atoms with Gasteiger partial charge in [0.15, 0.2) is 5.78 Å². The van der Waals surface area contributed by atoms with Crippen molar-refractivity contribution in [3.63, 3.8) is 0 Å². The molecule has 0 heterocycles. The molecule has 0 spiro atoms. The molecule has 0 aliphatic carbocycles. The number of aliphatic hydroxyl groups is 2. The van der Waals surface area contributed by atoms with Gasteiger partial charge in [-0.05, 0) is 29.3 Å². The highest BCUT2D eigenvalue weighted by molar-refractivity contribution is 5.96. The lowest BCUT2D eigenvalue weighted by atomic mass is 10.1. The Morgan fingerprint density at radius 2 is 1.38 bits per heavy atom. The van der Waals surface area contributed by atoms with Crippen LogP contribution in [0, 0.1) is 0 Å². The van der Waals surface area contributed by atoms with Crippen molar-refractivity contribution in [2.24, 2.45) is 0 Å². The van der Waals surface area contributed by atoms with Gasteiger partial charge in [-0.3, -0.25) is 4.79 Å². The minimum absolute atomic E-state index is 0. The topological polar surface area (TPSA) is 180 Å². The van der Waals surface area contributed by atoms with Crippen molar-refractivity contribution >= 4 is 17.7 Å². The maximum absolute atomic E-state index is 12.7. The number of hydrogen-bond donors (Lipinski definition) is 4. The number of ketones is 1. The molecule has 2 atom stereocenters. The zero-order valence-corrected chi connectivity index (χ0v) is 22.1. The maximum Gasteiger partial charge on any atom is 0.328 e. The number of carbonyl (C=O) groups is 3. The molecule has 40 heavy (non-hydrogen) atoms. The average Bonchev–Trinajstić information content (AvgIpc) is 2.95. The molecule has 10 heteroatoms. The van der Waals surface area contributed by atoms with Gasteiger partial charge < -0.3 is 40.3 Å². The standard InChI is InChI=1S/C26H29NO4.C4H4O4.H2O/c1-31-23-14-8-13-22(17-23)24(28)15-16-27(18-25(29)20-9-4-2-5-10-20)19-26(30)21-11-6-3-7-12-21;5-3(6)1-2-4(7)8;/h2-14,17,25-26,29-30H,15-16,18-19H2,1H3;1-2H,(H,5,6)(H,7,8);1H2/b;2-1+;. The summed E-state index contributed by atoms with van der Waals surface area (Å²) in [5.41, 5.74) is 2.26. The van der Waals surface area contributed by atoms with E-state index in [4.69, 9.17) is 9.84 Å². The molecule has 10 nitrogen and oxygen atoms in total. The molecule has 0 fully saturated rings. The Morgan fingerprint density at radius 3 is 1.80 bits per heavy atom. The van der Waals surface area contributed by atoms with Crippen LogP contribution in [0.25, 0.3) is 0 Å². The molecule has 6 N–H and O–H groups in total. The van der Waals surface area contributed by atoms with Gasteiger partial charge in [0.25, 0.3) is 0 Å². The van der Waals surface area contributed by atoms with E-state index in [0.717, 1.165) is 16.0 Å². The number of ether oxygens (including phenoxy) is 1. The number of quaternary nitrogens is 1. The molecule has 0 aliphatic heterocycles. The number of Topliss-reactive ketones (excluding diaryl/α,β-unsaturated/α-hetero) is 1. The Morgan fingerprint density at radius 1 is 0.850 bits per heavy atom. The number of benzene rings is 3. The van der Waals surface area contributed by atoms with E-state index in [-0.39, 0.29) is 11.3 Å². The van der Waals surface area contributed by atoms with E-state index in [1.165, 1.54) is 0 Å².